The van der Waals surface area contributed by atoms with Gasteiger partial charge in [-0.2, -0.15) is 0 Å². The molecule has 2 rings (SSSR count). The van der Waals surface area contributed by atoms with Crippen LogP contribution in [0.25, 0.3) is 0 Å². The summed E-state index contributed by atoms with van der Waals surface area (Å²) in [6, 6.07) is 4.92. The van der Waals surface area contributed by atoms with Gasteiger partial charge in [0.1, 0.15) is 0 Å². The Labute approximate surface area is 123 Å². The number of rotatable bonds is 3. The maximum atomic E-state index is 11.5. The van der Waals surface area contributed by atoms with Crippen LogP contribution in [-0.2, 0) is 14.2 Å². The van der Waals surface area contributed by atoms with Gasteiger partial charge in [0, 0.05) is 0 Å². The van der Waals surface area contributed by atoms with E-state index in [4.69, 9.17) is 21.1 Å². The first-order valence-electron chi connectivity index (χ1n) is 6.33. The largest absolute Gasteiger partial charge is 0.465 e. The summed E-state index contributed by atoms with van der Waals surface area (Å²) in [6.45, 7) is 4.75. The molecule has 0 unspecified atom stereocenters. The average Bonchev–Trinajstić information content (AvgIpc) is 2.42. The van der Waals surface area contributed by atoms with Crippen molar-refractivity contribution < 1.29 is 19.0 Å². The molecule has 1 fully saturated rings. The summed E-state index contributed by atoms with van der Waals surface area (Å²) in [5.41, 5.74) is 1.10. The van der Waals surface area contributed by atoms with Gasteiger partial charge in [0.05, 0.1) is 42.6 Å². The minimum absolute atomic E-state index is 0.0200. The van der Waals surface area contributed by atoms with Crippen LogP contribution in [-0.4, -0.2) is 38.1 Å². The molecule has 6 heteroatoms. The smallest absolute Gasteiger partial charge is 0.337 e. The molecular formula is C14H18ClNO4. The van der Waals surface area contributed by atoms with Crippen LogP contribution in [0.5, 0.6) is 0 Å². The van der Waals surface area contributed by atoms with Crippen LogP contribution in [0.2, 0.25) is 5.02 Å². The van der Waals surface area contributed by atoms with Crippen molar-refractivity contribution in [2.45, 2.75) is 25.7 Å². The number of esters is 1. The normalized spacial score (nSPS) is 18.6. The van der Waals surface area contributed by atoms with Crippen LogP contribution < -0.4 is 5.32 Å². The van der Waals surface area contributed by atoms with E-state index in [2.05, 4.69) is 10.1 Å². The fourth-order valence-corrected chi connectivity index (χ4v) is 2.05. The topological polar surface area (TPSA) is 56.8 Å². The molecule has 1 aromatic carbocycles. The molecule has 0 amide bonds. The van der Waals surface area contributed by atoms with Gasteiger partial charge in [0.25, 0.3) is 0 Å². The van der Waals surface area contributed by atoms with E-state index in [-0.39, 0.29) is 6.04 Å². The fourth-order valence-electron chi connectivity index (χ4n) is 1.88. The molecule has 20 heavy (non-hydrogen) atoms. The second-order valence-corrected chi connectivity index (χ2v) is 5.46. The van der Waals surface area contributed by atoms with Crippen LogP contribution in [0.15, 0.2) is 18.2 Å². The Bertz CT molecular complexity index is 494. The Balaban J connectivity index is 2.07. The molecule has 0 radical (unpaired) electrons. The van der Waals surface area contributed by atoms with Gasteiger partial charge in [0.2, 0.25) is 0 Å². The lowest BCUT2D eigenvalue weighted by molar-refractivity contribution is -0.247. The highest BCUT2D eigenvalue weighted by Gasteiger charge is 2.28. The first-order chi connectivity index (χ1) is 9.41. The maximum absolute atomic E-state index is 11.5. The van der Waals surface area contributed by atoms with Crippen molar-refractivity contribution in [2.24, 2.45) is 0 Å². The second-order valence-electron chi connectivity index (χ2n) is 5.05. The van der Waals surface area contributed by atoms with Crippen molar-refractivity contribution in [3.63, 3.8) is 0 Å². The molecular weight excluding hydrogens is 282 g/mol. The lowest BCUT2D eigenvalue weighted by Gasteiger charge is -2.35. The monoisotopic (exact) mass is 299 g/mol. The van der Waals surface area contributed by atoms with E-state index in [1.807, 2.05) is 13.8 Å². The lowest BCUT2D eigenvalue weighted by atomic mass is 10.1. The SMILES string of the molecule is COC(=O)c1ccc(Cl)c(NC2COC(C)(C)OC2)c1. The number of methoxy groups -OCH3 is 1. The van der Waals surface area contributed by atoms with E-state index < -0.39 is 11.8 Å². The van der Waals surface area contributed by atoms with Gasteiger partial charge in [-0.1, -0.05) is 11.6 Å². The average molecular weight is 300 g/mol. The zero-order valence-electron chi connectivity index (χ0n) is 11.7. The molecule has 1 heterocycles. The third kappa shape index (κ3) is 3.62. The van der Waals surface area contributed by atoms with Gasteiger partial charge in [-0.15, -0.1) is 0 Å². The van der Waals surface area contributed by atoms with E-state index in [0.29, 0.717) is 29.5 Å². The van der Waals surface area contributed by atoms with E-state index >= 15 is 0 Å². The van der Waals surface area contributed by atoms with E-state index in [0.717, 1.165) is 0 Å². The molecule has 0 saturated carbocycles. The Kier molecular flexibility index (Phi) is 4.52. The molecule has 0 spiro atoms. The quantitative estimate of drug-likeness (QED) is 0.870. The number of ether oxygens (including phenoxy) is 3. The van der Waals surface area contributed by atoms with Crippen LogP contribution in [0.3, 0.4) is 0 Å². The van der Waals surface area contributed by atoms with E-state index in [1.54, 1.807) is 18.2 Å². The zero-order valence-corrected chi connectivity index (χ0v) is 12.5. The Morgan fingerprint density at radius 2 is 2.05 bits per heavy atom. The standard InChI is InChI=1S/C14H18ClNO4/c1-14(2)19-7-10(8-20-14)16-12-6-9(13(17)18-3)4-5-11(12)15/h4-6,10,16H,7-8H2,1-3H3. The second kappa shape index (κ2) is 5.99. The van der Waals surface area contributed by atoms with Crippen molar-refractivity contribution in [2.75, 3.05) is 25.6 Å². The molecule has 5 nitrogen and oxygen atoms in total. The Morgan fingerprint density at radius 3 is 2.65 bits per heavy atom. The predicted molar refractivity (Wildman–Crippen MR) is 76.2 cm³/mol. The van der Waals surface area contributed by atoms with Crippen molar-refractivity contribution in [1.82, 2.24) is 0 Å². The third-order valence-corrected chi connectivity index (χ3v) is 3.34. The summed E-state index contributed by atoms with van der Waals surface area (Å²) in [5, 5.41) is 3.75. The molecule has 1 aliphatic heterocycles. The molecule has 1 aliphatic rings. The van der Waals surface area contributed by atoms with Crippen molar-refractivity contribution in [3.05, 3.63) is 28.8 Å². The van der Waals surface area contributed by atoms with Crippen molar-refractivity contribution >= 4 is 23.3 Å². The highest BCUT2D eigenvalue weighted by atomic mass is 35.5. The molecule has 0 aliphatic carbocycles. The zero-order chi connectivity index (χ0) is 14.8. The number of carbonyl (C=O) groups is 1. The molecule has 0 bridgehead atoms. The van der Waals surface area contributed by atoms with E-state index in [9.17, 15) is 4.79 Å². The molecule has 1 N–H and O–H groups in total. The van der Waals surface area contributed by atoms with Gasteiger partial charge in [0.15, 0.2) is 5.79 Å². The van der Waals surface area contributed by atoms with Gasteiger partial charge >= 0.3 is 5.97 Å². The van der Waals surface area contributed by atoms with Crippen LogP contribution in [0.4, 0.5) is 5.69 Å². The summed E-state index contributed by atoms with van der Waals surface area (Å²) < 4.78 is 15.8. The lowest BCUT2D eigenvalue weighted by Crippen LogP contribution is -2.45. The molecule has 110 valence electrons. The third-order valence-electron chi connectivity index (χ3n) is 3.01. The Hall–Kier alpha value is -1.30. The van der Waals surface area contributed by atoms with Crippen LogP contribution >= 0.6 is 11.6 Å². The fraction of sp³-hybridized carbons (Fsp3) is 0.500. The highest BCUT2D eigenvalue weighted by Crippen LogP contribution is 2.26. The maximum Gasteiger partial charge on any atom is 0.337 e. The predicted octanol–water partition coefficient (Wildman–Crippen LogP) is 2.69. The van der Waals surface area contributed by atoms with Crippen LogP contribution in [0, 0.1) is 0 Å². The number of benzene rings is 1. The van der Waals surface area contributed by atoms with Crippen molar-refractivity contribution in [1.29, 1.82) is 0 Å². The van der Waals surface area contributed by atoms with Gasteiger partial charge in [-0.3, -0.25) is 0 Å². The minimum atomic E-state index is -0.560. The number of nitrogens with one attached hydrogen (secondary N) is 1. The van der Waals surface area contributed by atoms with Gasteiger partial charge in [-0.25, -0.2) is 4.79 Å². The number of hydrogen-bond donors (Lipinski definition) is 1. The van der Waals surface area contributed by atoms with Gasteiger partial charge < -0.3 is 19.5 Å². The molecule has 1 aromatic rings. The van der Waals surface area contributed by atoms with Crippen molar-refractivity contribution in [3.8, 4) is 0 Å². The van der Waals surface area contributed by atoms with E-state index in [1.165, 1.54) is 7.11 Å². The summed E-state index contributed by atoms with van der Waals surface area (Å²) in [4.78, 5) is 11.5. The molecule has 0 atom stereocenters. The summed E-state index contributed by atoms with van der Waals surface area (Å²) in [5.74, 6) is -0.961. The summed E-state index contributed by atoms with van der Waals surface area (Å²) in [6.07, 6.45) is 0. The first kappa shape index (κ1) is 15.1. The molecule has 1 saturated heterocycles. The number of carbonyl (C=O) groups excluding carboxylic acids is 1. The number of halogens is 1. The Morgan fingerprint density at radius 1 is 1.40 bits per heavy atom. The minimum Gasteiger partial charge on any atom is -0.465 e. The molecule has 0 aromatic heterocycles. The summed E-state index contributed by atoms with van der Waals surface area (Å²) >= 11 is 6.12. The number of hydrogen-bond acceptors (Lipinski definition) is 5. The summed E-state index contributed by atoms with van der Waals surface area (Å²) in [7, 11) is 1.34. The van der Waals surface area contributed by atoms with Crippen LogP contribution in [0.1, 0.15) is 24.2 Å². The first-order valence-corrected chi connectivity index (χ1v) is 6.71. The highest BCUT2D eigenvalue weighted by molar-refractivity contribution is 6.33. The van der Waals surface area contributed by atoms with Gasteiger partial charge in [-0.05, 0) is 32.0 Å². The number of anilines is 1.